The van der Waals surface area contributed by atoms with Crippen LogP contribution in [0.3, 0.4) is 0 Å². The molecule has 4 rings (SSSR count). The van der Waals surface area contributed by atoms with Gasteiger partial charge in [-0.25, -0.2) is 4.98 Å². The van der Waals surface area contributed by atoms with E-state index in [0.717, 1.165) is 4.73 Å². The number of amides is 1. The monoisotopic (exact) mass is 366 g/mol. The van der Waals surface area contributed by atoms with Crippen LogP contribution in [0.2, 0.25) is 0 Å². The maximum Gasteiger partial charge on any atom is 0.290 e. The van der Waals surface area contributed by atoms with Gasteiger partial charge in [0.05, 0.1) is 17.0 Å². The van der Waals surface area contributed by atoms with Gasteiger partial charge in [-0.15, -0.1) is 0 Å². The maximum atomic E-state index is 12.0. The molecule has 1 aliphatic heterocycles. The van der Waals surface area contributed by atoms with Crippen molar-refractivity contribution in [2.45, 2.75) is 6.42 Å². The van der Waals surface area contributed by atoms with Gasteiger partial charge in [-0.1, -0.05) is 0 Å². The van der Waals surface area contributed by atoms with E-state index in [2.05, 4.69) is 10.3 Å². The lowest BCUT2D eigenvalue weighted by molar-refractivity contribution is -0.384. The quantitative estimate of drug-likeness (QED) is 0.416. The molecule has 0 saturated heterocycles. The molecule has 0 fully saturated rings. The minimum absolute atomic E-state index is 0.134. The molecule has 136 valence electrons. The van der Waals surface area contributed by atoms with Crippen molar-refractivity contribution in [2.24, 2.45) is 0 Å². The Balaban J connectivity index is 1.61. The second kappa shape index (κ2) is 6.45. The van der Waals surface area contributed by atoms with Crippen LogP contribution in [0.15, 0.2) is 54.3 Å². The average molecular weight is 366 g/mol. The summed E-state index contributed by atoms with van der Waals surface area (Å²) in [5.74, 6) is 0.227. The number of fused-ring (bicyclic) bond motifs is 1. The second-order valence-electron chi connectivity index (χ2n) is 5.91. The standard InChI is InChI=1S/C18H14N4O5/c23-18(16-2-1-9-27-16)19-12-5-3-11(4-6-12)17-20-14-8-7-13(22(25)26)10-15(14)21(17)24/h2-8,10,24H,1,9H2,(H,19,23). The van der Waals surface area contributed by atoms with Crippen LogP contribution in [0, 0.1) is 10.1 Å². The molecule has 1 aromatic heterocycles. The normalized spacial score (nSPS) is 13.3. The first-order valence-corrected chi connectivity index (χ1v) is 8.14. The summed E-state index contributed by atoms with van der Waals surface area (Å²) in [6.07, 6.45) is 2.45. The molecule has 0 radical (unpaired) electrons. The fourth-order valence-corrected chi connectivity index (χ4v) is 2.82. The zero-order chi connectivity index (χ0) is 19.0. The van der Waals surface area contributed by atoms with E-state index in [0.29, 0.717) is 35.6 Å². The van der Waals surface area contributed by atoms with Gasteiger partial charge >= 0.3 is 0 Å². The maximum absolute atomic E-state index is 12.0. The predicted octanol–water partition coefficient (Wildman–Crippen LogP) is 3.09. The van der Waals surface area contributed by atoms with Crippen molar-refractivity contribution in [3.05, 3.63) is 64.4 Å². The minimum atomic E-state index is -0.535. The number of nitrogens with zero attached hydrogens (tertiary/aromatic N) is 3. The molecule has 9 nitrogen and oxygen atoms in total. The number of nitro benzene ring substituents is 1. The van der Waals surface area contributed by atoms with E-state index in [1.54, 1.807) is 30.3 Å². The van der Waals surface area contributed by atoms with Crippen LogP contribution >= 0.6 is 0 Å². The highest BCUT2D eigenvalue weighted by Gasteiger charge is 2.17. The largest absolute Gasteiger partial charge is 0.488 e. The summed E-state index contributed by atoms with van der Waals surface area (Å²) in [4.78, 5) is 26.7. The number of imidazole rings is 1. The molecule has 0 atom stereocenters. The molecule has 0 unspecified atom stereocenters. The lowest BCUT2D eigenvalue weighted by atomic mass is 10.2. The number of aromatic nitrogens is 2. The van der Waals surface area contributed by atoms with Gasteiger partial charge in [0.2, 0.25) is 0 Å². The van der Waals surface area contributed by atoms with Crippen LogP contribution < -0.4 is 5.32 Å². The van der Waals surface area contributed by atoms with Crippen molar-refractivity contribution in [3.8, 4) is 11.4 Å². The Kier molecular flexibility index (Phi) is 3.96. The van der Waals surface area contributed by atoms with Gasteiger partial charge in [-0.3, -0.25) is 14.9 Å². The summed E-state index contributed by atoms with van der Waals surface area (Å²) in [6, 6.07) is 10.8. The number of hydrogen-bond donors (Lipinski definition) is 2. The highest BCUT2D eigenvalue weighted by Crippen LogP contribution is 2.27. The molecule has 0 aliphatic carbocycles. The number of carbonyl (C=O) groups is 1. The highest BCUT2D eigenvalue weighted by molar-refractivity contribution is 6.02. The number of ether oxygens (including phenoxy) is 1. The third kappa shape index (κ3) is 3.06. The molecule has 2 aromatic carbocycles. The van der Waals surface area contributed by atoms with Gasteiger partial charge in [-0.05, 0) is 36.4 Å². The number of non-ortho nitro benzene ring substituents is 1. The van der Waals surface area contributed by atoms with E-state index < -0.39 is 4.92 Å². The highest BCUT2D eigenvalue weighted by atomic mass is 16.6. The first-order chi connectivity index (χ1) is 13.0. The summed E-state index contributed by atoms with van der Waals surface area (Å²) >= 11 is 0. The van der Waals surface area contributed by atoms with Gasteiger partial charge in [-0.2, -0.15) is 4.73 Å². The summed E-state index contributed by atoms with van der Waals surface area (Å²) < 4.78 is 6.02. The molecule has 2 N–H and O–H groups in total. The lowest BCUT2D eigenvalue weighted by Crippen LogP contribution is -2.14. The van der Waals surface area contributed by atoms with Crippen LogP contribution in [-0.4, -0.2) is 32.4 Å². The zero-order valence-electron chi connectivity index (χ0n) is 14.0. The molecule has 3 aromatic rings. The molecule has 9 heteroatoms. The van der Waals surface area contributed by atoms with Crippen molar-refractivity contribution in [3.63, 3.8) is 0 Å². The molecule has 27 heavy (non-hydrogen) atoms. The molecule has 2 heterocycles. The first-order valence-electron chi connectivity index (χ1n) is 8.14. The van der Waals surface area contributed by atoms with Crippen molar-refractivity contribution in [1.29, 1.82) is 0 Å². The van der Waals surface area contributed by atoms with Crippen molar-refractivity contribution in [2.75, 3.05) is 11.9 Å². The van der Waals surface area contributed by atoms with Crippen LogP contribution in [0.4, 0.5) is 11.4 Å². The van der Waals surface area contributed by atoms with Crippen LogP contribution in [-0.2, 0) is 9.53 Å². The Labute approximate surface area is 152 Å². The van der Waals surface area contributed by atoms with E-state index in [1.807, 2.05) is 0 Å². The number of rotatable bonds is 4. The van der Waals surface area contributed by atoms with Crippen molar-refractivity contribution in [1.82, 2.24) is 9.71 Å². The van der Waals surface area contributed by atoms with Gasteiger partial charge in [0.1, 0.15) is 5.52 Å². The van der Waals surface area contributed by atoms with E-state index in [1.165, 1.54) is 18.2 Å². The second-order valence-corrected chi connectivity index (χ2v) is 5.91. The fraction of sp³-hybridized carbons (Fsp3) is 0.111. The Morgan fingerprint density at radius 1 is 1.26 bits per heavy atom. The molecule has 0 spiro atoms. The summed E-state index contributed by atoms with van der Waals surface area (Å²) in [5.41, 5.74) is 1.69. The SMILES string of the molecule is O=C(Nc1ccc(-c2nc3ccc([N+](=O)[O-])cc3n2O)cc1)C1=CCCO1. The Hall–Kier alpha value is -3.88. The molecule has 1 aliphatic rings. The van der Waals surface area contributed by atoms with Gasteiger partial charge in [0.15, 0.2) is 11.6 Å². The summed E-state index contributed by atoms with van der Waals surface area (Å²) in [5, 5.41) is 24.0. The summed E-state index contributed by atoms with van der Waals surface area (Å²) in [7, 11) is 0. The molecule has 1 amide bonds. The number of hydrogen-bond acceptors (Lipinski definition) is 6. The molecule has 0 bridgehead atoms. The van der Waals surface area contributed by atoms with Crippen molar-refractivity contribution >= 4 is 28.3 Å². The van der Waals surface area contributed by atoms with Crippen LogP contribution in [0.1, 0.15) is 6.42 Å². The number of benzene rings is 2. The predicted molar refractivity (Wildman–Crippen MR) is 96.3 cm³/mol. The smallest absolute Gasteiger partial charge is 0.290 e. The summed E-state index contributed by atoms with van der Waals surface area (Å²) in [6.45, 7) is 0.507. The topological polar surface area (TPSA) is 120 Å². The lowest BCUT2D eigenvalue weighted by Gasteiger charge is -2.07. The molecule has 0 saturated carbocycles. The van der Waals surface area contributed by atoms with Crippen molar-refractivity contribution < 1.29 is 19.7 Å². The van der Waals surface area contributed by atoms with E-state index in [-0.39, 0.29) is 22.9 Å². The number of anilines is 1. The third-order valence-electron chi connectivity index (χ3n) is 4.15. The van der Waals surface area contributed by atoms with Crippen LogP contribution in [0.25, 0.3) is 22.4 Å². The zero-order valence-corrected chi connectivity index (χ0v) is 14.0. The number of nitro groups is 1. The molecular weight excluding hydrogens is 352 g/mol. The average Bonchev–Trinajstić information content (AvgIpc) is 3.31. The number of nitrogens with one attached hydrogen (secondary N) is 1. The third-order valence-corrected chi connectivity index (χ3v) is 4.15. The Morgan fingerprint density at radius 3 is 2.70 bits per heavy atom. The van der Waals surface area contributed by atoms with Gasteiger partial charge in [0.25, 0.3) is 11.6 Å². The molecular formula is C18H14N4O5. The van der Waals surface area contributed by atoms with Gasteiger partial charge < -0.3 is 15.3 Å². The Morgan fingerprint density at radius 2 is 2.04 bits per heavy atom. The van der Waals surface area contributed by atoms with Gasteiger partial charge in [0, 0.05) is 29.8 Å². The van der Waals surface area contributed by atoms with Crippen LogP contribution in [0.5, 0.6) is 0 Å². The van der Waals surface area contributed by atoms with E-state index in [4.69, 9.17) is 4.74 Å². The number of carbonyl (C=O) groups excluding carboxylic acids is 1. The minimum Gasteiger partial charge on any atom is -0.488 e. The van der Waals surface area contributed by atoms with E-state index in [9.17, 15) is 20.1 Å². The first kappa shape index (κ1) is 16.6. The fourth-order valence-electron chi connectivity index (χ4n) is 2.82. The Bertz CT molecular complexity index is 1090. The van der Waals surface area contributed by atoms with E-state index >= 15 is 0 Å².